The number of aromatic nitrogens is 7. The highest BCUT2D eigenvalue weighted by molar-refractivity contribution is 14.1. The van der Waals surface area contributed by atoms with Crippen LogP contribution >= 0.6 is 22.6 Å². The topological polar surface area (TPSA) is 133 Å². The second-order valence-electron chi connectivity index (χ2n) is 15.9. The summed E-state index contributed by atoms with van der Waals surface area (Å²) in [4.78, 5) is 20.6. The van der Waals surface area contributed by atoms with Gasteiger partial charge in [0.2, 0.25) is 11.8 Å². The average Bonchev–Trinajstić information content (AvgIpc) is 3.77. The maximum absolute atomic E-state index is 13.4. The van der Waals surface area contributed by atoms with Crippen LogP contribution in [0.5, 0.6) is 11.8 Å². The largest absolute Gasteiger partial charge is 0.476 e. The van der Waals surface area contributed by atoms with E-state index in [1.54, 1.807) is 30.9 Å². The molecule has 0 spiro atoms. The number of hydrogen-bond acceptors (Lipinski definition) is 11. The van der Waals surface area contributed by atoms with Crippen LogP contribution in [0.15, 0.2) is 18.8 Å². The molecule has 1 aliphatic rings. The van der Waals surface area contributed by atoms with Crippen molar-refractivity contribution in [2.45, 2.75) is 124 Å². The number of aryl methyl sites for hydroxylation is 1. The lowest BCUT2D eigenvalue weighted by atomic mass is 10.1. The van der Waals surface area contributed by atoms with Gasteiger partial charge in [-0.05, 0) is 106 Å². The maximum Gasteiger partial charge on any atom is 0.359 e. The molecule has 4 aromatic heterocycles. The molecule has 56 heavy (non-hydrogen) atoms. The van der Waals surface area contributed by atoms with E-state index in [2.05, 4.69) is 86.9 Å². The Morgan fingerprint density at radius 3 is 2.52 bits per heavy atom. The average molecular weight is 905 g/mol. The van der Waals surface area contributed by atoms with Crippen molar-refractivity contribution in [2.75, 3.05) is 32.9 Å². The number of rotatable bonds is 18. The number of carbonyl (C=O) groups excluding carboxylic acids is 1. The Bertz CT molecular complexity index is 1980. The summed E-state index contributed by atoms with van der Waals surface area (Å²) >= 11 is 2.35. The molecule has 0 aromatic carbocycles. The molecule has 3 atom stereocenters. The van der Waals surface area contributed by atoms with Crippen molar-refractivity contribution in [3.8, 4) is 22.9 Å². The Hall–Kier alpha value is -3.32. The van der Waals surface area contributed by atoms with E-state index >= 15 is 0 Å². The molecule has 0 radical (unpaired) electrons. The van der Waals surface area contributed by atoms with Gasteiger partial charge in [-0.15, -0.1) is 5.10 Å². The van der Waals surface area contributed by atoms with Gasteiger partial charge in [-0.2, -0.15) is 10.2 Å². The molecular formula is C40H61IN8O6Si. The van der Waals surface area contributed by atoms with Gasteiger partial charge in [0, 0.05) is 43.9 Å². The summed E-state index contributed by atoms with van der Waals surface area (Å²) in [5, 5.41) is 15.2. The van der Waals surface area contributed by atoms with Crippen molar-refractivity contribution >= 4 is 54.0 Å². The molecule has 1 fully saturated rings. The van der Waals surface area contributed by atoms with Crippen molar-refractivity contribution in [1.82, 2.24) is 39.2 Å². The molecule has 0 aliphatic carbocycles. The van der Waals surface area contributed by atoms with E-state index < -0.39 is 14.3 Å². The lowest BCUT2D eigenvalue weighted by molar-refractivity contribution is -0.0370. The fourth-order valence-electron chi connectivity index (χ4n) is 6.75. The number of fused-ring (bicyclic) bond motifs is 1. The normalized spacial score (nSPS) is 16.3. The fourth-order valence-corrected chi connectivity index (χ4v) is 8.89. The van der Waals surface area contributed by atoms with E-state index in [4.69, 9.17) is 38.6 Å². The Labute approximate surface area is 346 Å². The summed E-state index contributed by atoms with van der Waals surface area (Å²) in [7, 11) is -0.211. The number of ether oxygens (including phenoxy) is 4. The summed E-state index contributed by atoms with van der Waals surface area (Å²) in [6.07, 6.45) is 5.88. The van der Waals surface area contributed by atoms with Crippen LogP contribution in [-0.4, -0.2) is 98.6 Å². The van der Waals surface area contributed by atoms with Gasteiger partial charge < -0.3 is 23.4 Å². The van der Waals surface area contributed by atoms with Gasteiger partial charge in [-0.1, -0.05) is 34.3 Å². The lowest BCUT2D eigenvalue weighted by Crippen LogP contribution is -2.44. The Kier molecular flexibility index (Phi) is 14.5. The number of carbonyl (C=O) groups is 1. The summed E-state index contributed by atoms with van der Waals surface area (Å²) in [6.45, 7) is 29.4. The second kappa shape index (κ2) is 18.5. The lowest BCUT2D eigenvalue weighted by Gasteiger charge is -2.38. The predicted molar refractivity (Wildman–Crippen MR) is 230 cm³/mol. The molecule has 0 amide bonds. The van der Waals surface area contributed by atoms with E-state index in [-0.39, 0.29) is 35.8 Å². The zero-order valence-corrected chi connectivity index (χ0v) is 38.3. The van der Waals surface area contributed by atoms with Gasteiger partial charge in [0.15, 0.2) is 25.9 Å². The van der Waals surface area contributed by atoms with Gasteiger partial charge in [-0.3, -0.25) is 9.58 Å². The van der Waals surface area contributed by atoms with Crippen molar-refractivity contribution in [3.05, 3.63) is 39.5 Å². The van der Waals surface area contributed by atoms with Crippen LogP contribution in [0.25, 0.3) is 28.2 Å². The van der Waals surface area contributed by atoms with Crippen molar-refractivity contribution < 1.29 is 28.2 Å². The molecule has 5 rings (SSSR count). The fraction of sp³-hybridized carbons (Fsp3) is 0.625. The first-order valence-corrected chi connectivity index (χ1v) is 23.8. The molecule has 5 heterocycles. The number of halogens is 1. The number of hydrogen-bond donors (Lipinski definition) is 0. The molecular weight excluding hydrogens is 843 g/mol. The van der Waals surface area contributed by atoms with E-state index in [1.807, 2.05) is 29.3 Å². The third-order valence-corrected chi connectivity index (χ3v) is 16.3. The van der Waals surface area contributed by atoms with Gasteiger partial charge in [0.1, 0.15) is 6.10 Å². The number of nitrogens with zero attached hydrogens (tertiary/aromatic N) is 8. The molecule has 14 nitrogen and oxygen atoms in total. The highest BCUT2D eigenvalue weighted by Crippen LogP contribution is 2.39. The standard InChI is InChI=1S/C40H61IN8O6Si/c1-13-30-29-21-28(22-42-36(29)49(43-30)32-19-17-18-20-53-32)33-35(39(50)52-16-4)44-46(10)38(33)54-26(5)23-47(14-2)25-31-34(41)37(51-15-3)45-48(31)24-27(6)55-56(11,12)40(7,8)9/h13,21-22,26-27,32H,1,14-20,23-25H2,2-12H3/t26-,27-,32?/m0/s1. The summed E-state index contributed by atoms with van der Waals surface area (Å²) in [5.74, 6) is 0.539. The highest BCUT2D eigenvalue weighted by Gasteiger charge is 2.39. The number of esters is 1. The molecule has 16 heteroatoms. The van der Waals surface area contributed by atoms with Crippen LogP contribution in [0, 0.1) is 3.57 Å². The molecule has 4 aromatic rings. The van der Waals surface area contributed by atoms with Crippen LogP contribution in [0.2, 0.25) is 18.1 Å². The predicted octanol–water partition coefficient (Wildman–Crippen LogP) is 8.25. The Morgan fingerprint density at radius 1 is 1.14 bits per heavy atom. The third-order valence-electron chi connectivity index (χ3n) is 10.6. The zero-order valence-electron chi connectivity index (χ0n) is 35.1. The number of pyridine rings is 1. The van der Waals surface area contributed by atoms with E-state index in [0.717, 1.165) is 40.5 Å². The third kappa shape index (κ3) is 9.68. The van der Waals surface area contributed by atoms with Crippen LogP contribution in [0.4, 0.5) is 0 Å². The molecule has 0 bridgehead atoms. The minimum atomic E-state index is -1.98. The molecule has 0 saturated carbocycles. The smallest absolute Gasteiger partial charge is 0.359 e. The van der Waals surface area contributed by atoms with E-state index in [9.17, 15) is 4.79 Å². The summed E-state index contributed by atoms with van der Waals surface area (Å²) in [6, 6.07) is 1.97. The maximum atomic E-state index is 13.4. The second-order valence-corrected chi connectivity index (χ2v) is 21.8. The van der Waals surface area contributed by atoms with Gasteiger partial charge >= 0.3 is 5.97 Å². The zero-order chi connectivity index (χ0) is 40.9. The quantitative estimate of drug-likeness (QED) is 0.0543. The SMILES string of the molecule is C=Cc1nn(C2CCCCO2)c2ncc(-c3c(C(=O)OCC)nn(C)c3O[C@@H](C)CN(CC)Cc3c(I)c(OCC)nn3C[C@H](C)O[Si](C)(C)C(C)(C)C)cc12. The monoisotopic (exact) mass is 904 g/mol. The minimum absolute atomic E-state index is 0.0276. The molecule has 1 aliphatic heterocycles. The van der Waals surface area contributed by atoms with Gasteiger partial charge in [0.25, 0.3) is 0 Å². The van der Waals surface area contributed by atoms with Gasteiger partial charge in [0.05, 0.1) is 46.4 Å². The van der Waals surface area contributed by atoms with Crippen LogP contribution in [0.1, 0.15) is 103 Å². The van der Waals surface area contributed by atoms with E-state index in [1.165, 1.54) is 0 Å². The van der Waals surface area contributed by atoms with Crippen molar-refractivity contribution in [1.29, 1.82) is 0 Å². The van der Waals surface area contributed by atoms with Crippen LogP contribution in [0.3, 0.4) is 0 Å². The molecule has 308 valence electrons. The molecule has 0 N–H and O–H groups in total. The number of likely N-dealkylation sites (N-methyl/N-ethyl adjacent to an activating group) is 1. The first-order valence-electron chi connectivity index (χ1n) is 19.8. The highest BCUT2D eigenvalue weighted by atomic mass is 127. The van der Waals surface area contributed by atoms with Gasteiger partial charge in [-0.25, -0.2) is 19.1 Å². The summed E-state index contributed by atoms with van der Waals surface area (Å²) < 4.78 is 37.4. The van der Waals surface area contributed by atoms with Crippen molar-refractivity contribution in [2.24, 2.45) is 7.05 Å². The first-order chi connectivity index (χ1) is 26.5. The summed E-state index contributed by atoms with van der Waals surface area (Å²) in [5.41, 5.74) is 3.76. The van der Waals surface area contributed by atoms with Crippen LogP contribution < -0.4 is 9.47 Å². The van der Waals surface area contributed by atoms with E-state index in [0.29, 0.717) is 67.1 Å². The Balaban J connectivity index is 1.43. The minimum Gasteiger partial charge on any atom is -0.476 e. The Morgan fingerprint density at radius 2 is 1.89 bits per heavy atom. The molecule has 1 saturated heterocycles. The van der Waals surface area contributed by atoms with Crippen LogP contribution in [-0.2, 0) is 34.0 Å². The van der Waals surface area contributed by atoms with Crippen molar-refractivity contribution in [3.63, 3.8) is 0 Å². The molecule has 1 unspecified atom stereocenters. The first kappa shape index (κ1) is 43.8.